The van der Waals surface area contributed by atoms with Crippen LogP contribution >= 0.6 is 11.3 Å². The van der Waals surface area contributed by atoms with E-state index in [0.29, 0.717) is 42.5 Å². The lowest BCUT2D eigenvalue weighted by molar-refractivity contribution is -0.125. The van der Waals surface area contributed by atoms with Crippen LogP contribution in [0.5, 0.6) is 0 Å². The van der Waals surface area contributed by atoms with Crippen molar-refractivity contribution in [3.8, 4) is 11.3 Å². The SMILES string of the molecule is Cc1cc(-c2cc(C(=O)N3CCC4(CC3)NC(=O)NC4=O)c3cnn(C(C)C)c3n2)c(C)s1. The molecule has 0 aromatic carbocycles. The third-order valence-corrected chi connectivity index (χ3v) is 7.49. The molecule has 0 aliphatic carbocycles. The van der Waals surface area contributed by atoms with Crippen LogP contribution in [0.1, 0.15) is 52.8 Å². The molecule has 0 atom stereocenters. The van der Waals surface area contributed by atoms with E-state index in [1.165, 1.54) is 4.88 Å². The molecule has 0 unspecified atom stereocenters. The lowest BCUT2D eigenvalue weighted by Gasteiger charge is -2.37. The summed E-state index contributed by atoms with van der Waals surface area (Å²) in [6.45, 7) is 8.94. The van der Waals surface area contributed by atoms with E-state index in [2.05, 4.69) is 35.6 Å². The summed E-state index contributed by atoms with van der Waals surface area (Å²) >= 11 is 1.71. The topological polar surface area (TPSA) is 109 Å². The molecule has 2 N–H and O–H groups in total. The van der Waals surface area contributed by atoms with Gasteiger partial charge in [-0.2, -0.15) is 5.10 Å². The van der Waals surface area contributed by atoms with Gasteiger partial charge in [-0.15, -0.1) is 11.3 Å². The molecule has 10 heteroatoms. The molecule has 33 heavy (non-hydrogen) atoms. The van der Waals surface area contributed by atoms with E-state index < -0.39 is 11.6 Å². The maximum atomic E-state index is 13.7. The van der Waals surface area contributed by atoms with Crippen LogP contribution in [0.4, 0.5) is 4.79 Å². The first-order valence-corrected chi connectivity index (χ1v) is 11.9. The van der Waals surface area contributed by atoms with Crippen molar-refractivity contribution in [2.45, 2.75) is 52.1 Å². The quantitative estimate of drug-likeness (QED) is 0.576. The maximum absolute atomic E-state index is 13.7. The number of hydrogen-bond donors (Lipinski definition) is 2. The van der Waals surface area contributed by atoms with E-state index in [1.54, 1.807) is 22.4 Å². The van der Waals surface area contributed by atoms with Gasteiger partial charge in [-0.1, -0.05) is 0 Å². The van der Waals surface area contributed by atoms with Gasteiger partial charge in [0.15, 0.2) is 5.65 Å². The number of urea groups is 1. The monoisotopic (exact) mass is 466 g/mol. The molecule has 4 amide bonds. The number of amides is 4. The molecule has 0 radical (unpaired) electrons. The minimum atomic E-state index is -0.916. The molecule has 2 fully saturated rings. The van der Waals surface area contributed by atoms with Gasteiger partial charge in [0, 0.05) is 34.4 Å². The number of thiophene rings is 1. The number of aryl methyl sites for hydroxylation is 2. The lowest BCUT2D eigenvalue weighted by atomic mass is 9.87. The summed E-state index contributed by atoms with van der Waals surface area (Å²) in [5.74, 6) is -0.425. The number of imide groups is 1. The molecule has 2 saturated heterocycles. The number of carbonyl (C=O) groups excluding carboxylic acids is 3. The fourth-order valence-corrected chi connectivity index (χ4v) is 5.67. The number of nitrogens with one attached hydrogen (secondary N) is 2. The second-order valence-electron chi connectivity index (χ2n) is 9.08. The van der Waals surface area contributed by atoms with Gasteiger partial charge in [0.05, 0.1) is 22.8 Å². The second kappa shape index (κ2) is 7.65. The van der Waals surface area contributed by atoms with Gasteiger partial charge >= 0.3 is 6.03 Å². The third-order valence-electron chi connectivity index (χ3n) is 6.52. The van der Waals surface area contributed by atoms with Gasteiger partial charge in [0.2, 0.25) is 0 Å². The third kappa shape index (κ3) is 3.49. The van der Waals surface area contributed by atoms with E-state index in [9.17, 15) is 14.4 Å². The average molecular weight is 467 g/mol. The molecule has 9 nitrogen and oxygen atoms in total. The molecule has 0 bridgehead atoms. The Morgan fingerprint density at radius 3 is 2.48 bits per heavy atom. The van der Waals surface area contributed by atoms with Crippen LogP contribution < -0.4 is 10.6 Å². The van der Waals surface area contributed by atoms with Gasteiger partial charge in [0.25, 0.3) is 11.8 Å². The van der Waals surface area contributed by atoms with E-state index >= 15 is 0 Å². The number of likely N-dealkylation sites (tertiary alicyclic amines) is 1. The molecule has 0 saturated carbocycles. The highest BCUT2D eigenvalue weighted by Gasteiger charge is 2.48. The summed E-state index contributed by atoms with van der Waals surface area (Å²) in [5, 5.41) is 10.3. The Morgan fingerprint density at radius 1 is 1.18 bits per heavy atom. The largest absolute Gasteiger partial charge is 0.338 e. The van der Waals surface area contributed by atoms with Gasteiger partial charge in [0.1, 0.15) is 5.54 Å². The number of hydrogen-bond acceptors (Lipinski definition) is 6. The lowest BCUT2D eigenvalue weighted by Crippen LogP contribution is -2.55. The molecular weight excluding hydrogens is 440 g/mol. The van der Waals surface area contributed by atoms with Crippen molar-refractivity contribution in [3.05, 3.63) is 33.6 Å². The number of aromatic nitrogens is 3. The first kappa shape index (κ1) is 21.6. The zero-order valence-electron chi connectivity index (χ0n) is 19.1. The molecule has 1 spiro atoms. The summed E-state index contributed by atoms with van der Waals surface area (Å²) in [7, 11) is 0. The van der Waals surface area contributed by atoms with Crippen molar-refractivity contribution < 1.29 is 14.4 Å². The zero-order chi connectivity index (χ0) is 23.5. The van der Waals surface area contributed by atoms with Crippen molar-refractivity contribution in [1.29, 1.82) is 0 Å². The number of carbonyl (C=O) groups is 3. The van der Waals surface area contributed by atoms with Crippen LogP contribution in [-0.2, 0) is 4.79 Å². The summed E-state index contributed by atoms with van der Waals surface area (Å²) in [4.78, 5) is 46.6. The standard InChI is InChI=1S/C23H26N6O3S/c1-12(2)29-19-17(11-24-29)16(10-18(25-19)15-9-13(3)33-14(15)4)20(30)28-7-5-23(6-8-28)21(31)26-22(32)27-23/h9-12H,5-8H2,1-4H3,(H2,26,27,31,32). The predicted octanol–water partition coefficient (Wildman–Crippen LogP) is 3.17. The Morgan fingerprint density at radius 2 is 1.91 bits per heavy atom. The van der Waals surface area contributed by atoms with Gasteiger partial charge < -0.3 is 10.2 Å². The van der Waals surface area contributed by atoms with Gasteiger partial charge in [-0.25, -0.2) is 14.5 Å². The molecule has 2 aliphatic rings. The molecule has 172 valence electrons. The van der Waals surface area contributed by atoms with E-state index in [0.717, 1.165) is 16.1 Å². The van der Waals surface area contributed by atoms with Crippen LogP contribution in [0, 0.1) is 13.8 Å². The van der Waals surface area contributed by atoms with Crippen molar-refractivity contribution >= 4 is 40.2 Å². The number of rotatable bonds is 3. The minimum Gasteiger partial charge on any atom is -0.338 e. The number of nitrogens with zero attached hydrogens (tertiary/aromatic N) is 4. The van der Waals surface area contributed by atoms with Gasteiger partial charge in [-0.05, 0) is 52.7 Å². The molecule has 5 rings (SSSR count). The second-order valence-corrected chi connectivity index (χ2v) is 10.5. The summed E-state index contributed by atoms with van der Waals surface area (Å²) in [6.07, 6.45) is 2.47. The van der Waals surface area contributed by atoms with Crippen molar-refractivity contribution in [2.75, 3.05) is 13.1 Å². The minimum absolute atomic E-state index is 0.0952. The summed E-state index contributed by atoms with van der Waals surface area (Å²) in [6, 6.07) is 3.59. The van der Waals surface area contributed by atoms with Gasteiger partial charge in [-0.3, -0.25) is 14.9 Å². The average Bonchev–Trinajstić information content (AvgIpc) is 3.42. The number of pyridine rings is 1. The first-order valence-electron chi connectivity index (χ1n) is 11.1. The predicted molar refractivity (Wildman–Crippen MR) is 125 cm³/mol. The Bertz CT molecular complexity index is 1300. The van der Waals surface area contributed by atoms with Crippen LogP contribution in [-0.4, -0.2) is 56.1 Å². The van der Waals surface area contributed by atoms with E-state index in [4.69, 9.17) is 4.98 Å². The fourth-order valence-electron chi connectivity index (χ4n) is 4.74. The van der Waals surface area contributed by atoms with Crippen LogP contribution in [0.25, 0.3) is 22.3 Å². The Labute approximate surface area is 195 Å². The van der Waals surface area contributed by atoms with E-state index in [-0.39, 0.29) is 17.9 Å². The highest BCUT2D eigenvalue weighted by Crippen LogP contribution is 2.34. The molecule has 5 heterocycles. The number of piperidine rings is 1. The summed E-state index contributed by atoms with van der Waals surface area (Å²) in [5.41, 5.74) is 2.10. The zero-order valence-corrected chi connectivity index (χ0v) is 19.9. The Balaban J connectivity index is 1.53. The van der Waals surface area contributed by atoms with E-state index in [1.807, 2.05) is 24.6 Å². The van der Waals surface area contributed by atoms with Crippen molar-refractivity contribution in [2.24, 2.45) is 0 Å². The maximum Gasteiger partial charge on any atom is 0.322 e. The first-order chi connectivity index (χ1) is 15.7. The molecule has 2 aliphatic heterocycles. The van der Waals surface area contributed by atoms with Crippen LogP contribution in [0.15, 0.2) is 18.3 Å². The molecule has 3 aromatic rings. The Hall–Kier alpha value is -3.27. The van der Waals surface area contributed by atoms with Crippen molar-refractivity contribution in [1.82, 2.24) is 30.3 Å². The van der Waals surface area contributed by atoms with Crippen molar-refractivity contribution in [3.63, 3.8) is 0 Å². The highest BCUT2D eigenvalue weighted by atomic mass is 32.1. The fraction of sp³-hybridized carbons (Fsp3) is 0.435. The Kier molecular flexibility index (Phi) is 5.00. The van der Waals surface area contributed by atoms with Crippen LogP contribution in [0.2, 0.25) is 0 Å². The molecular formula is C23H26N6O3S. The smallest absolute Gasteiger partial charge is 0.322 e. The molecule has 3 aromatic heterocycles. The number of fused-ring (bicyclic) bond motifs is 1. The van der Waals surface area contributed by atoms with Crippen LogP contribution in [0.3, 0.4) is 0 Å². The highest BCUT2D eigenvalue weighted by molar-refractivity contribution is 7.12. The normalized spacial score (nSPS) is 17.8. The summed E-state index contributed by atoms with van der Waals surface area (Å²) < 4.78 is 1.84.